The zero-order chi connectivity index (χ0) is 21.8. The Balaban J connectivity index is 1.38. The first-order valence-corrected chi connectivity index (χ1v) is 10.5. The Morgan fingerprint density at radius 3 is 1.90 bits per heavy atom. The Morgan fingerprint density at radius 2 is 1.26 bits per heavy atom. The van der Waals surface area contributed by atoms with E-state index in [-0.39, 0.29) is 5.91 Å². The van der Waals surface area contributed by atoms with Crippen molar-refractivity contribution >= 4 is 56.4 Å². The second-order valence-electron chi connectivity index (χ2n) is 6.55. The van der Waals surface area contributed by atoms with E-state index in [0.717, 1.165) is 10.1 Å². The van der Waals surface area contributed by atoms with Crippen LogP contribution in [0.4, 0.5) is 5.69 Å². The number of anilines is 1. The van der Waals surface area contributed by atoms with E-state index in [0.29, 0.717) is 26.7 Å². The van der Waals surface area contributed by atoms with E-state index in [4.69, 9.17) is 11.6 Å². The van der Waals surface area contributed by atoms with Gasteiger partial charge in [0.25, 0.3) is 17.7 Å². The average Bonchev–Trinajstić information content (AvgIpc) is 3.15. The van der Waals surface area contributed by atoms with E-state index >= 15 is 0 Å². The summed E-state index contributed by atoms with van der Waals surface area (Å²) in [5.41, 5.74) is 6.00. The van der Waals surface area contributed by atoms with Crippen LogP contribution in [0, 0.1) is 0 Å². The van der Waals surface area contributed by atoms with Gasteiger partial charge in [-0.2, -0.15) is 0 Å². The molecule has 0 aliphatic heterocycles. The molecule has 8 heteroatoms. The van der Waals surface area contributed by atoms with Crippen molar-refractivity contribution in [2.45, 2.75) is 0 Å². The first kappa shape index (κ1) is 20.6. The van der Waals surface area contributed by atoms with Crippen molar-refractivity contribution in [3.8, 4) is 0 Å². The van der Waals surface area contributed by atoms with Gasteiger partial charge in [-0.25, -0.2) is 0 Å². The molecule has 0 atom stereocenters. The number of hydrogen-bond acceptors (Lipinski definition) is 4. The minimum atomic E-state index is -0.477. The van der Waals surface area contributed by atoms with Gasteiger partial charge in [-0.05, 0) is 42.5 Å². The van der Waals surface area contributed by atoms with Gasteiger partial charge in [0.2, 0.25) is 0 Å². The summed E-state index contributed by atoms with van der Waals surface area (Å²) in [5.74, 6) is -1.22. The molecule has 3 N–H and O–H groups in total. The van der Waals surface area contributed by atoms with Crippen LogP contribution in [-0.4, -0.2) is 17.7 Å². The number of halogens is 1. The van der Waals surface area contributed by atoms with Crippen LogP contribution in [0.2, 0.25) is 5.02 Å². The Morgan fingerprint density at radius 1 is 0.677 bits per heavy atom. The fourth-order valence-electron chi connectivity index (χ4n) is 2.90. The standard InChI is InChI=1S/C23H16ClN3O3S/c24-19-17-8-4-5-9-18(17)31-20(19)23(30)25-16-12-10-15(11-13-16)22(29)27-26-21(28)14-6-2-1-3-7-14/h1-13H,(H,25,30)(H,26,28)(H,27,29). The van der Waals surface area contributed by atoms with Gasteiger partial charge in [0.15, 0.2) is 0 Å². The molecule has 0 saturated heterocycles. The van der Waals surface area contributed by atoms with Crippen molar-refractivity contribution in [3.63, 3.8) is 0 Å². The van der Waals surface area contributed by atoms with Gasteiger partial charge in [0.05, 0.1) is 5.02 Å². The molecule has 0 aliphatic rings. The lowest BCUT2D eigenvalue weighted by Crippen LogP contribution is -2.41. The van der Waals surface area contributed by atoms with E-state index in [2.05, 4.69) is 16.2 Å². The summed E-state index contributed by atoms with van der Waals surface area (Å²) >= 11 is 7.67. The smallest absolute Gasteiger partial charge is 0.269 e. The van der Waals surface area contributed by atoms with Crippen molar-refractivity contribution in [1.29, 1.82) is 0 Å². The summed E-state index contributed by atoms with van der Waals surface area (Å²) in [5, 5.41) is 4.04. The van der Waals surface area contributed by atoms with Gasteiger partial charge in [0, 0.05) is 26.9 Å². The van der Waals surface area contributed by atoms with Crippen molar-refractivity contribution in [1.82, 2.24) is 10.9 Å². The van der Waals surface area contributed by atoms with E-state index in [1.54, 1.807) is 54.6 Å². The number of amides is 3. The van der Waals surface area contributed by atoms with Crippen molar-refractivity contribution < 1.29 is 14.4 Å². The predicted molar refractivity (Wildman–Crippen MR) is 123 cm³/mol. The third-order valence-corrected chi connectivity index (χ3v) is 6.15. The van der Waals surface area contributed by atoms with E-state index in [1.165, 1.54) is 11.3 Å². The molecule has 1 heterocycles. The van der Waals surface area contributed by atoms with Gasteiger partial charge >= 0.3 is 0 Å². The Kier molecular flexibility index (Phi) is 5.97. The van der Waals surface area contributed by atoms with Crippen LogP contribution in [0.1, 0.15) is 30.4 Å². The highest BCUT2D eigenvalue weighted by Gasteiger charge is 2.17. The van der Waals surface area contributed by atoms with Crippen molar-refractivity contribution in [2.24, 2.45) is 0 Å². The summed E-state index contributed by atoms with van der Waals surface area (Å²) < 4.78 is 0.933. The highest BCUT2D eigenvalue weighted by atomic mass is 35.5. The minimum absolute atomic E-state index is 0.321. The number of carbonyl (C=O) groups excluding carboxylic acids is 3. The van der Waals surface area contributed by atoms with Crippen LogP contribution in [0.15, 0.2) is 78.9 Å². The first-order valence-electron chi connectivity index (χ1n) is 9.27. The molecular weight excluding hydrogens is 434 g/mol. The maximum Gasteiger partial charge on any atom is 0.269 e. The average molecular weight is 450 g/mol. The van der Waals surface area contributed by atoms with Crippen molar-refractivity contribution in [2.75, 3.05) is 5.32 Å². The molecule has 6 nitrogen and oxygen atoms in total. The number of rotatable bonds is 4. The van der Waals surface area contributed by atoms with Crippen LogP contribution in [0.3, 0.4) is 0 Å². The van der Waals surface area contributed by atoms with Gasteiger partial charge in [-0.1, -0.05) is 48.0 Å². The predicted octanol–water partition coefficient (Wildman–Crippen LogP) is 4.88. The van der Waals surface area contributed by atoms with E-state index in [1.807, 2.05) is 24.3 Å². The maximum atomic E-state index is 12.6. The lowest BCUT2D eigenvalue weighted by molar-refractivity contribution is 0.0846. The number of hydrazine groups is 1. The molecule has 0 spiro atoms. The molecule has 0 radical (unpaired) electrons. The van der Waals surface area contributed by atoms with Crippen LogP contribution in [0.5, 0.6) is 0 Å². The van der Waals surface area contributed by atoms with Crippen LogP contribution >= 0.6 is 22.9 Å². The molecule has 0 fully saturated rings. The second kappa shape index (κ2) is 8.99. The zero-order valence-corrected chi connectivity index (χ0v) is 17.6. The van der Waals surface area contributed by atoms with Gasteiger partial charge in [-0.15, -0.1) is 11.3 Å². The van der Waals surface area contributed by atoms with Crippen LogP contribution in [-0.2, 0) is 0 Å². The maximum absolute atomic E-state index is 12.6. The number of carbonyl (C=O) groups is 3. The molecule has 154 valence electrons. The highest BCUT2D eigenvalue weighted by molar-refractivity contribution is 7.21. The van der Waals surface area contributed by atoms with Gasteiger partial charge < -0.3 is 5.32 Å². The normalized spacial score (nSPS) is 10.5. The fraction of sp³-hybridized carbons (Fsp3) is 0. The Labute approximate surface area is 186 Å². The van der Waals surface area contributed by atoms with Crippen LogP contribution in [0.25, 0.3) is 10.1 Å². The molecular formula is C23H16ClN3O3S. The summed E-state index contributed by atoms with van der Waals surface area (Å²) in [4.78, 5) is 37.3. The topological polar surface area (TPSA) is 87.3 Å². The monoisotopic (exact) mass is 449 g/mol. The summed E-state index contributed by atoms with van der Waals surface area (Å²) in [6.07, 6.45) is 0. The molecule has 4 aromatic rings. The second-order valence-corrected chi connectivity index (χ2v) is 7.98. The summed E-state index contributed by atoms with van der Waals surface area (Å²) in [6.45, 7) is 0. The number of fused-ring (bicyclic) bond motifs is 1. The molecule has 4 rings (SSSR count). The van der Waals surface area contributed by atoms with Gasteiger partial charge in [-0.3, -0.25) is 25.2 Å². The fourth-order valence-corrected chi connectivity index (χ4v) is 4.31. The molecule has 0 aliphatic carbocycles. The molecule has 0 bridgehead atoms. The number of nitrogens with one attached hydrogen (secondary N) is 3. The third kappa shape index (κ3) is 4.58. The Bertz CT molecular complexity index is 1270. The van der Waals surface area contributed by atoms with Crippen molar-refractivity contribution in [3.05, 3.63) is 99.9 Å². The summed E-state index contributed by atoms with van der Waals surface area (Å²) in [7, 11) is 0. The lowest BCUT2D eigenvalue weighted by atomic mass is 10.2. The number of thiophene rings is 1. The summed E-state index contributed by atoms with van der Waals surface area (Å²) in [6, 6.07) is 22.4. The molecule has 3 amide bonds. The minimum Gasteiger partial charge on any atom is -0.321 e. The first-order chi connectivity index (χ1) is 15.0. The van der Waals surface area contributed by atoms with Gasteiger partial charge in [0.1, 0.15) is 4.88 Å². The molecule has 0 saturated carbocycles. The largest absolute Gasteiger partial charge is 0.321 e. The quantitative estimate of drug-likeness (QED) is 0.388. The lowest BCUT2D eigenvalue weighted by Gasteiger charge is -2.08. The van der Waals surface area contributed by atoms with Crippen LogP contribution < -0.4 is 16.2 Å². The number of hydrogen-bond donors (Lipinski definition) is 3. The van der Waals surface area contributed by atoms with E-state index in [9.17, 15) is 14.4 Å². The zero-order valence-electron chi connectivity index (χ0n) is 16.0. The highest BCUT2D eigenvalue weighted by Crippen LogP contribution is 2.35. The molecule has 3 aromatic carbocycles. The SMILES string of the molecule is O=C(NNC(=O)c1ccc(NC(=O)c2sc3ccccc3c2Cl)cc1)c1ccccc1. The third-order valence-electron chi connectivity index (χ3n) is 4.47. The molecule has 31 heavy (non-hydrogen) atoms. The Hall–Kier alpha value is -3.68. The van der Waals surface area contributed by atoms with E-state index < -0.39 is 11.8 Å². The molecule has 1 aromatic heterocycles. The molecule has 0 unspecified atom stereocenters. The number of benzene rings is 3.